The van der Waals surface area contributed by atoms with Crippen LogP contribution in [0, 0.1) is 5.82 Å². The molecule has 0 aromatic heterocycles. The number of alkyl halides is 3. The predicted octanol–water partition coefficient (Wildman–Crippen LogP) is 5.64. The Morgan fingerprint density at radius 3 is 2.41 bits per heavy atom. The number of benzene rings is 3. The van der Waals surface area contributed by atoms with Crippen molar-refractivity contribution in [3.8, 4) is 16.9 Å². The van der Waals surface area contributed by atoms with Crippen LogP contribution >= 0.6 is 0 Å². The Balaban J connectivity index is 1.62. The van der Waals surface area contributed by atoms with Gasteiger partial charge in [-0.1, -0.05) is 42.5 Å². The molecule has 0 spiro atoms. The van der Waals surface area contributed by atoms with Gasteiger partial charge in [-0.05, 0) is 52.4 Å². The van der Waals surface area contributed by atoms with Gasteiger partial charge in [0.1, 0.15) is 18.2 Å². The number of carbonyl (C=O) groups is 2. The Labute approximate surface area is 208 Å². The molecule has 1 aliphatic heterocycles. The summed E-state index contributed by atoms with van der Waals surface area (Å²) >= 11 is 0. The van der Waals surface area contributed by atoms with Crippen molar-refractivity contribution in [2.45, 2.75) is 32.4 Å². The van der Waals surface area contributed by atoms with Gasteiger partial charge in [0, 0.05) is 12.1 Å². The van der Waals surface area contributed by atoms with Gasteiger partial charge in [0.05, 0.1) is 13.0 Å². The standard InChI is InChI=1S/C26H21F4NO6/c27-22-8-7-18(20-12-17(13-24(32)33)6-9-23(20)36-26(28,29)30)21-14-31(11-10-19(21)22)37-25(34)35-15-16-4-2-1-3-5-16/h1-9,12H,10-11,13-15H2,(H,32,33). The molecule has 1 aliphatic rings. The first-order valence-electron chi connectivity index (χ1n) is 11.1. The van der Waals surface area contributed by atoms with E-state index in [0.29, 0.717) is 0 Å². The van der Waals surface area contributed by atoms with Crippen molar-refractivity contribution >= 4 is 12.1 Å². The fraction of sp³-hybridized carbons (Fsp3) is 0.231. The number of rotatable bonds is 7. The van der Waals surface area contributed by atoms with Gasteiger partial charge in [-0.3, -0.25) is 4.79 Å². The second-order valence-electron chi connectivity index (χ2n) is 8.23. The molecular weight excluding hydrogens is 498 g/mol. The topological polar surface area (TPSA) is 85.3 Å². The summed E-state index contributed by atoms with van der Waals surface area (Å²) in [4.78, 5) is 28.6. The molecule has 7 nitrogen and oxygen atoms in total. The average Bonchev–Trinajstić information content (AvgIpc) is 2.84. The number of carboxylic acid groups (broad SMARTS) is 1. The maximum absolute atomic E-state index is 14.6. The lowest BCUT2D eigenvalue weighted by Crippen LogP contribution is -2.34. The lowest BCUT2D eigenvalue weighted by atomic mass is 9.90. The molecule has 0 radical (unpaired) electrons. The molecule has 11 heteroatoms. The van der Waals surface area contributed by atoms with E-state index in [1.807, 2.05) is 6.07 Å². The number of ether oxygens (including phenoxy) is 2. The molecule has 4 rings (SSSR count). The zero-order chi connectivity index (χ0) is 26.6. The van der Waals surface area contributed by atoms with Gasteiger partial charge < -0.3 is 19.4 Å². The lowest BCUT2D eigenvalue weighted by molar-refractivity contribution is -0.274. The number of aliphatic carboxylic acids is 1. The molecule has 37 heavy (non-hydrogen) atoms. The third kappa shape index (κ3) is 6.76. The summed E-state index contributed by atoms with van der Waals surface area (Å²) in [6.07, 6.45) is -6.34. The van der Waals surface area contributed by atoms with Gasteiger partial charge >= 0.3 is 18.5 Å². The summed E-state index contributed by atoms with van der Waals surface area (Å²) in [5, 5.41) is 10.3. The summed E-state index contributed by atoms with van der Waals surface area (Å²) in [5.41, 5.74) is 1.61. The molecule has 194 valence electrons. The second-order valence-corrected chi connectivity index (χ2v) is 8.23. The van der Waals surface area contributed by atoms with E-state index in [4.69, 9.17) is 14.7 Å². The summed E-state index contributed by atoms with van der Waals surface area (Å²) in [7, 11) is 0. The Hall–Kier alpha value is -4.12. The van der Waals surface area contributed by atoms with Crippen LogP contribution in [0.1, 0.15) is 22.3 Å². The highest BCUT2D eigenvalue weighted by Gasteiger charge is 2.33. The van der Waals surface area contributed by atoms with Crippen LogP contribution < -0.4 is 4.74 Å². The molecule has 1 heterocycles. The third-order valence-electron chi connectivity index (χ3n) is 5.64. The molecule has 3 aromatic rings. The number of carbonyl (C=O) groups excluding carboxylic acids is 1. The quantitative estimate of drug-likeness (QED) is 0.319. The van der Waals surface area contributed by atoms with Crippen LogP contribution in [0.25, 0.3) is 11.1 Å². The van der Waals surface area contributed by atoms with Crippen LogP contribution in [0.3, 0.4) is 0 Å². The van der Waals surface area contributed by atoms with Crippen LogP contribution in [0.15, 0.2) is 60.7 Å². The highest BCUT2D eigenvalue weighted by Crippen LogP contribution is 2.39. The van der Waals surface area contributed by atoms with Crippen LogP contribution in [-0.2, 0) is 40.4 Å². The van der Waals surface area contributed by atoms with Crippen molar-refractivity contribution in [2.75, 3.05) is 6.54 Å². The van der Waals surface area contributed by atoms with Crippen molar-refractivity contribution in [1.29, 1.82) is 0 Å². The highest BCUT2D eigenvalue weighted by atomic mass is 19.4. The van der Waals surface area contributed by atoms with Crippen LogP contribution in [0.5, 0.6) is 5.75 Å². The SMILES string of the molecule is O=C(O)Cc1ccc(OC(F)(F)F)c(-c2ccc(F)c3c2CN(OC(=O)OCc2ccccc2)CC3)c1. The molecule has 0 saturated carbocycles. The largest absolute Gasteiger partial charge is 0.573 e. The zero-order valence-corrected chi connectivity index (χ0v) is 19.3. The van der Waals surface area contributed by atoms with Crippen molar-refractivity contribution in [2.24, 2.45) is 0 Å². The Morgan fingerprint density at radius 1 is 0.946 bits per heavy atom. The monoisotopic (exact) mass is 519 g/mol. The van der Waals surface area contributed by atoms with Gasteiger partial charge in [-0.2, -0.15) is 0 Å². The van der Waals surface area contributed by atoms with Crippen LogP contribution in [-0.4, -0.2) is 35.2 Å². The summed E-state index contributed by atoms with van der Waals surface area (Å²) < 4.78 is 63.2. The van der Waals surface area contributed by atoms with Crippen LogP contribution in [0.4, 0.5) is 22.4 Å². The molecular formula is C26H21F4NO6. The number of hydrogen-bond acceptors (Lipinski definition) is 6. The maximum Gasteiger partial charge on any atom is 0.573 e. The van der Waals surface area contributed by atoms with E-state index in [0.717, 1.165) is 17.7 Å². The molecule has 0 unspecified atom stereocenters. The van der Waals surface area contributed by atoms with Crippen molar-refractivity contribution in [1.82, 2.24) is 5.06 Å². The van der Waals surface area contributed by atoms with Crippen molar-refractivity contribution in [3.05, 3.63) is 88.7 Å². The average molecular weight is 519 g/mol. The second kappa shape index (κ2) is 10.9. The van der Waals surface area contributed by atoms with Crippen LogP contribution in [0.2, 0.25) is 0 Å². The minimum absolute atomic E-state index is 0.0293. The molecule has 0 amide bonds. The van der Waals surface area contributed by atoms with E-state index < -0.39 is 36.5 Å². The number of fused-ring (bicyclic) bond motifs is 1. The van der Waals surface area contributed by atoms with E-state index in [1.165, 1.54) is 23.3 Å². The molecule has 0 fully saturated rings. The number of hydroxylamine groups is 2. The Kier molecular flexibility index (Phi) is 7.63. The fourth-order valence-corrected chi connectivity index (χ4v) is 4.07. The van der Waals surface area contributed by atoms with E-state index in [1.54, 1.807) is 24.3 Å². The number of halogens is 4. The molecule has 3 aromatic carbocycles. The lowest BCUT2D eigenvalue weighted by Gasteiger charge is -2.29. The van der Waals surface area contributed by atoms with Gasteiger partial charge in [0.15, 0.2) is 0 Å². The Bertz CT molecular complexity index is 1300. The third-order valence-corrected chi connectivity index (χ3v) is 5.64. The van der Waals surface area contributed by atoms with Gasteiger partial charge in [-0.25, -0.2) is 9.18 Å². The summed E-state index contributed by atoms with van der Waals surface area (Å²) in [6, 6.07) is 14.8. The minimum Gasteiger partial charge on any atom is -0.481 e. The maximum atomic E-state index is 14.6. The zero-order valence-electron chi connectivity index (χ0n) is 19.3. The first-order valence-corrected chi connectivity index (χ1v) is 11.1. The highest BCUT2D eigenvalue weighted by molar-refractivity contribution is 5.77. The molecule has 1 N–H and O–H groups in total. The minimum atomic E-state index is -5.01. The van der Waals surface area contributed by atoms with E-state index in [-0.39, 0.29) is 53.9 Å². The fourth-order valence-electron chi connectivity index (χ4n) is 4.07. The number of nitrogens with zero attached hydrogens (tertiary/aromatic N) is 1. The van der Waals surface area contributed by atoms with Crippen molar-refractivity contribution in [3.63, 3.8) is 0 Å². The van der Waals surface area contributed by atoms with Gasteiger partial charge in [0.2, 0.25) is 0 Å². The van der Waals surface area contributed by atoms with Gasteiger partial charge in [0.25, 0.3) is 0 Å². The molecule has 0 bridgehead atoms. The van der Waals surface area contributed by atoms with E-state index >= 15 is 0 Å². The number of hydrogen-bond donors (Lipinski definition) is 1. The first-order chi connectivity index (χ1) is 17.6. The molecule has 0 aliphatic carbocycles. The van der Waals surface area contributed by atoms with Gasteiger partial charge in [-0.15, -0.1) is 18.2 Å². The predicted molar refractivity (Wildman–Crippen MR) is 122 cm³/mol. The van der Waals surface area contributed by atoms with Crippen molar-refractivity contribution < 1.29 is 46.6 Å². The number of carboxylic acids is 1. The van der Waals surface area contributed by atoms with E-state index in [2.05, 4.69) is 4.74 Å². The molecule has 0 atom stereocenters. The summed E-state index contributed by atoms with van der Waals surface area (Å²) in [5.74, 6) is -2.31. The smallest absolute Gasteiger partial charge is 0.481 e. The summed E-state index contributed by atoms with van der Waals surface area (Å²) in [6.45, 7) is -0.0469. The first kappa shape index (κ1) is 26.0. The molecule has 0 saturated heterocycles. The normalized spacial score (nSPS) is 13.5. The Morgan fingerprint density at radius 2 is 1.70 bits per heavy atom. The van der Waals surface area contributed by atoms with E-state index in [9.17, 15) is 27.2 Å².